The summed E-state index contributed by atoms with van der Waals surface area (Å²) < 4.78 is 10.6. The number of benzene rings is 2. The van der Waals surface area contributed by atoms with E-state index in [0.717, 1.165) is 24.3 Å². The molecule has 190 valence electrons. The van der Waals surface area contributed by atoms with Crippen molar-refractivity contribution in [2.24, 2.45) is 0 Å². The van der Waals surface area contributed by atoms with Gasteiger partial charge < -0.3 is 29.5 Å². The Bertz CT molecular complexity index is 1110. The van der Waals surface area contributed by atoms with Crippen LogP contribution >= 0.6 is 0 Å². The number of carbonyl (C=O) groups excluding carboxylic acids is 3. The molecular formula is C27H32N4O5. The van der Waals surface area contributed by atoms with Crippen LogP contribution < -0.4 is 19.7 Å². The van der Waals surface area contributed by atoms with E-state index in [1.807, 2.05) is 24.3 Å². The van der Waals surface area contributed by atoms with Crippen molar-refractivity contribution < 1.29 is 23.9 Å². The van der Waals surface area contributed by atoms with Crippen LogP contribution in [-0.2, 0) is 14.4 Å². The fraction of sp³-hybridized carbons (Fsp3) is 0.370. The highest BCUT2D eigenvalue weighted by atomic mass is 16.5. The lowest BCUT2D eigenvalue weighted by atomic mass is 10.1. The fourth-order valence-electron chi connectivity index (χ4n) is 4.55. The Morgan fingerprint density at radius 1 is 0.972 bits per heavy atom. The third-order valence-corrected chi connectivity index (χ3v) is 6.56. The first-order valence-corrected chi connectivity index (χ1v) is 12.1. The number of anilines is 1. The second-order valence-electron chi connectivity index (χ2n) is 8.69. The Kier molecular flexibility index (Phi) is 8.10. The number of para-hydroxylation sites is 1. The van der Waals surface area contributed by atoms with Gasteiger partial charge in [-0.1, -0.05) is 24.3 Å². The number of rotatable bonds is 7. The first kappa shape index (κ1) is 25.1. The number of ether oxygens (including phenoxy) is 2. The van der Waals surface area contributed by atoms with Crippen LogP contribution in [0, 0.1) is 0 Å². The van der Waals surface area contributed by atoms with Crippen molar-refractivity contribution in [1.82, 2.24) is 15.1 Å². The molecule has 0 aliphatic carbocycles. The van der Waals surface area contributed by atoms with Gasteiger partial charge in [0.05, 0.1) is 20.6 Å². The van der Waals surface area contributed by atoms with Crippen molar-refractivity contribution in [3.05, 3.63) is 60.2 Å². The second kappa shape index (κ2) is 11.6. The van der Waals surface area contributed by atoms with E-state index >= 15 is 0 Å². The summed E-state index contributed by atoms with van der Waals surface area (Å²) in [6, 6.07) is 14.6. The minimum absolute atomic E-state index is 0.0346. The van der Waals surface area contributed by atoms with Crippen molar-refractivity contribution in [2.75, 3.05) is 58.4 Å². The van der Waals surface area contributed by atoms with Crippen molar-refractivity contribution in [1.29, 1.82) is 0 Å². The molecule has 0 spiro atoms. The van der Waals surface area contributed by atoms with Gasteiger partial charge in [0.1, 0.15) is 6.04 Å². The highest BCUT2D eigenvalue weighted by Gasteiger charge is 2.35. The van der Waals surface area contributed by atoms with Gasteiger partial charge in [-0.15, -0.1) is 0 Å². The van der Waals surface area contributed by atoms with Crippen LogP contribution in [0.15, 0.2) is 54.6 Å². The molecule has 2 aliphatic heterocycles. The molecule has 4 rings (SSSR count). The number of methoxy groups -OCH3 is 2. The maximum atomic E-state index is 13.1. The third kappa shape index (κ3) is 5.79. The minimum atomic E-state index is -0.832. The molecule has 0 saturated carbocycles. The Morgan fingerprint density at radius 3 is 2.39 bits per heavy atom. The molecule has 2 fully saturated rings. The van der Waals surface area contributed by atoms with E-state index < -0.39 is 6.04 Å². The predicted molar refractivity (Wildman–Crippen MR) is 137 cm³/mol. The van der Waals surface area contributed by atoms with Gasteiger partial charge in [-0.05, 0) is 35.9 Å². The molecule has 2 saturated heterocycles. The van der Waals surface area contributed by atoms with E-state index in [2.05, 4.69) is 22.3 Å². The summed E-state index contributed by atoms with van der Waals surface area (Å²) in [4.78, 5) is 44.3. The maximum Gasteiger partial charge on any atom is 0.247 e. The molecule has 9 nitrogen and oxygen atoms in total. The SMILES string of the molecule is COc1ccc(/C=C/C(=O)N2CCNC(=O)[C@@H]2CC(=O)N2CCN(c3ccccc3)CC2)cc1OC. The Balaban J connectivity index is 1.38. The van der Waals surface area contributed by atoms with Gasteiger partial charge in [0, 0.05) is 51.0 Å². The summed E-state index contributed by atoms with van der Waals surface area (Å²) >= 11 is 0. The fourth-order valence-corrected chi connectivity index (χ4v) is 4.55. The van der Waals surface area contributed by atoms with Crippen LogP contribution in [0.4, 0.5) is 5.69 Å². The summed E-state index contributed by atoms with van der Waals surface area (Å²) in [6.45, 7) is 3.31. The molecule has 9 heteroatoms. The molecule has 0 bridgehead atoms. The number of piperazine rings is 2. The van der Waals surface area contributed by atoms with Crippen molar-refractivity contribution in [2.45, 2.75) is 12.5 Å². The number of nitrogens with zero attached hydrogens (tertiary/aromatic N) is 3. The van der Waals surface area contributed by atoms with E-state index in [9.17, 15) is 14.4 Å². The van der Waals surface area contributed by atoms with E-state index in [4.69, 9.17) is 9.47 Å². The Labute approximate surface area is 211 Å². The maximum absolute atomic E-state index is 13.1. The Morgan fingerprint density at radius 2 is 1.69 bits per heavy atom. The van der Waals surface area contributed by atoms with Crippen LogP contribution in [0.1, 0.15) is 12.0 Å². The van der Waals surface area contributed by atoms with Gasteiger partial charge >= 0.3 is 0 Å². The van der Waals surface area contributed by atoms with Gasteiger partial charge in [0.15, 0.2) is 11.5 Å². The number of amides is 3. The average Bonchev–Trinajstić information content (AvgIpc) is 2.93. The topological polar surface area (TPSA) is 91.4 Å². The molecular weight excluding hydrogens is 460 g/mol. The molecule has 2 heterocycles. The molecule has 2 aliphatic rings. The van der Waals surface area contributed by atoms with E-state index in [1.165, 1.54) is 11.0 Å². The third-order valence-electron chi connectivity index (χ3n) is 6.56. The zero-order valence-electron chi connectivity index (χ0n) is 20.7. The molecule has 2 aromatic rings. The smallest absolute Gasteiger partial charge is 0.247 e. The molecule has 0 radical (unpaired) electrons. The van der Waals surface area contributed by atoms with Gasteiger partial charge in [0.2, 0.25) is 17.7 Å². The van der Waals surface area contributed by atoms with Crippen LogP contribution in [0.25, 0.3) is 6.08 Å². The molecule has 36 heavy (non-hydrogen) atoms. The summed E-state index contributed by atoms with van der Waals surface area (Å²) in [5.74, 6) is 0.417. The van der Waals surface area contributed by atoms with E-state index in [1.54, 1.807) is 37.3 Å². The van der Waals surface area contributed by atoms with E-state index in [0.29, 0.717) is 37.7 Å². The molecule has 2 aromatic carbocycles. The largest absolute Gasteiger partial charge is 0.493 e. The van der Waals surface area contributed by atoms with Crippen LogP contribution in [-0.4, -0.2) is 87.1 Å². The molecule has 1 atom stereocenters. The predicted octanol–water partition coefficient (Wildman–Crippen LogP) is 1.78. The van der Waals surface area contributed by atoms with Crippen molar-refractivity contribution >= 4 is 29.5 Å². The molecule has 1 N–H and O–H groups in total. The molecule has 0 aromatic heterocycles. The summed E-state index contributed by atoms with van der Waals surface area (Å²) in [6.07, 6.45) is 3.06. The van der Waals surface area contributed by atoms with Crippen molar-refractivity contribution in [3.63, 3.8) is 0 Å². The zero-order chi connectivity index (χ0) is 25.5. The normalized spacial score (nSPS) is 18.2. The Hall–Kier alpha value is -4.01. The number of hydrogen-bond acceptors (Lipinski definition) is 6. The first-order chi connectivity index (χ1) is 17.5. The highest BCUT2D eigenvalue weighted by molar-refractivity contribution is 5.98. The van der Waals surface area contributed by atoms with Crippen LogP contribution in [0.5, 0.6) is 11.5 Å². The number of carbonyl (C=O) groups is 3. The monoisotopic (exact) mass is 492 g/mol. The molecule has 0 unspecified atom stereocenters. The van der Waals surface area contributed by atoms with E-state index in [-0.39, 0.29) is 24.1 Å². The van der Waals surface area contributed by atoms with Gasteiger partial charge in [-0.3, -0.25) is 14.4 Å². The van der Waals surface area contributed by atoms with Gasteiger partial charge in [-0.2, -0.15) is 0 Å². The van der Waals surface area contributed by atoms with Crippen molar-refractivity contribution in [3.8, 4) is 11.5 Å². The quantitative estimate of drug-likeness (QED) is 0.593. The first-order valence-electron chi connectivity index (χ1n) is 12.1. The summed E-state index contributed by atoms with van der Waals surface area (Å²) in [5.41, 5.74) is 1.89. The second-order valence-corrected chi connectivity index (χ2v) is 8.69. The van der Waals surface area contributed by atoms with Gasteiger partial charge in [0.25, 0.3) is 0 Å². The standard InChI is InChI=1S/C27H32N4O5/c1-35-23-10-8-20(18-24(23)36-2)9-11-25(32)31-13-12-28-27(34)22(31)19-26(33)30-16-14-29(15-17-30)21-6-4-3-5-7-21/h3-11,18,22H,12-17,19H2,1-2H3,(H,28,34)/b11-9+/t22-/m0/s1. The average molecular weight is 493 g/mol. The summed E-state index contributed by atoms with van der Waals surface area (Å²) in [5, 5.41) is 2.79. The highest BCUT2D eigenvalue weighted by Crippen LogP contribution is 2.28. The van der Waals surface area contributed by atoms with Crippen LogP contribution in [0.3, 0.4) is 0 Å². The lowest BCUT2D eigenvalue weighted by molar-refractivity contribution is -0.144. The zero-order valence-corrected chi connectivity index (χ0v) is 20.7. The summed E-state index contributed by atoms with van der Waals surface area (Å²) in [7, 11) is 3.11. The van der Waals surface area contributed by atoms with Gasteiger partial charge in [-0.25, -0.2) is 0 Å². The minimum Gasteiger partial charge on any atom is -0.493 e. The number of nitrogens with one attached hydrogen (secondary N) is 1. The van der Waals surface area contributed by atoms with Crippen LogP contribution in [0.2, 0.25) is 0 Å². The molecule has 3 amide bonds. The lowest BCUT2D eigenvalue weighted by Gasteiger charge is -2.38. The number of hydrogen-bond donors (Lipinski definition) is 1. The lowest BCUT2D eigenvalue weighted by Crippen LogP contribution is -2.59.